The zero-order valence-corrected chi connectivity index (χ0v) is 36.3. The summed E-state index contributed by atoms with van der Waals surface area (Å²) < 4.78 is 0. The fourth-order valence-corrected chi connectivity index (χ4v) is 5.25. The van der Waals surface area contributed by atoms with Crippen LogP contribution < -0.4 is 0 Å². The molecule has 0 N–H and O–H groups in total. The van der Waals surface area contributed by atoms with Gasteiger partial charge in [0.15, 0.2) is 0 Å². The minimum Gasteiger partial charge on any atom is -0.0919 e. The second-order valence-electron chi connectivity index (χ2n) is 12.4. The van der Waals surface area contributed by atoms with Crippen LogP contribution in [0, 0.1) is 0 Å². The van der Waals surface area contributed by atoms with Crippen molar-refractivity contribution in [2.75, 3.05) is 0 Å². The average Bonchev–Trinajstić information content (AvgIpc) is 3.09. The van der Waals surface area contributed by atoms with Crippen LogP contribution in [0.2, 0.25) is 0 Å². The summed E-state index contributed by atoms with van der Waals surface area (Å²) in [6.07, 6.45) is 39.5. The summed E-state index contributed by atoms with van der Waals surface area (Å²) >= 11 is 0. The Hall–Kier alpha value is -1.82. The van der Waals surface area contributed by atoms with E-state index >= 15 is 0 Å². The number of rotatable bonds is 20. The minimum absolute atomic E-state index is 0. The molecule has 0 aromatic carbocycles. The summed E-state index contributed by atoms with van der Waals surface area (Å²) in [4.78, 5) is 0. The fraction of sp³-hybridized carbons (Fsp3) is 0.731. The molecule has 316 valence electrons. The van der Waals surface area contributed by atoms with Crippen molar-refractivity contribution in [2.45, 2.75) is 256 Å². The molecule has 0 amide bonds. The molecule has 0 spiro atoms. The largest absolute Gasteiger partial charge is 0.0919 e. The van der Waals surface area contributed by atoms with Crippen LogP contribution in [0.3, 0.4) is 0 Å². The monoisotopic (exact) mass is 733 g/mol. The molecule has 0 heteroatoms. The Bertz CT molecular complexity index is 811. The van der Waals surface area contributed by atoms with Crippen molar-refractivity contribution >= 4 is 0 Å². The van der Waals surface area contributed by atoms with Gasteiger partial charge in [-0.1, -0.05) is 236 Å². The van der Waals surface area contributed by atoms with Crippen LogP contribution in [0.4, 0.5) is 0 Å². The highest BCUT2D eigenvalue weighted by molar-refractivity contribution is 5.39. The molecule has 0 rings (SSSR count). The maximum Gasteiger partial charge on any atom is -0.0279 e. The van der Waals surface area contributed by atoms with E-state index < -0.39 is 0 Å². The van der Waals surface area contributed by atoms with Crippen molar-refractivity contribution in [3.8, 4) is 0 Å². The van der Waals surface area contributed by atoms with Crippen molar-refractivity contribution in [3.63, 3.8) is 0 Å². The summed E-state index contributed by atoms with van der Waals surface area (Å²) in [7, 11) is 0. The summed E-state index contributed by atoms with van der Waals surface area (Å²) in [6.45, 7) is 35.4. The summed E-state index contributed by atoms with van der Waals surface area (Å²) in [5.41, 5.74) is 10.0. The summed E-state index contributed by atoms with van der Waals surface area (Å²) in [6, 6.07) is 0. The molecule has 0 bridgehead atoms. The third kappa shape index (κ3) is 50.3. The predicted molar refractivity (Wildman–Crippen MR) is 258 cm³/mol. The van der Waals surface area contributed by atoms with E-state index in [-0.39, 0.29) is 29.7 Å². The maximum absolute atomic E-state index is 2.43. The van der Waals surface area contributed by atoms with Crippen LogP contribution in [-0.4, -0.2) is 0 Å². The Morgan fingerprint density at radius 1 is 0.404 bits per heavy atom. The molecule has 0 saturated carbocycles. The smallest absolute Gasteiger partial charge is 0.0279 e. The predicted octanol–water partition coefficient (Wildman–Crippen LogP) is 20.9. The average molecular weight is 733 g/mol. The van der Waals surface area contributed by atoms with Gasteiger partial charge in [-0.3, -0.25) is 0 Å². The van der Waals surface area contributed by atoms with Gasteiger partial charge in [0, 0.05) is 0 Å². The number of hydrogen-bond donors (Lipinski definition) is 0. The van der Waals surface area contributed by atoms with E-state index in [9.17, 15) is 0 Å². The van der Waals surface area contributed by atoms with E-state index in [2.05, 4.69) is 133 Å². The molecular formula is C52H108. The van der Waals surface area contributed by atoms with Gasteiger partial charge in [-0.2, -0.15) is 0 Å². The van der Waals surface area contributed by atoms with Gasteiger partial charge in [0.05, 0.1) is 0 Å². The van der Waals surface area contributed by atoms with Gasteiger partial charge in [-0.15, -0.1) is 0 Å². The third-order valence-corrected chi connectivity index (χ3v) is 7.66. The molecule has 0 unspecified atom stereocenters. The first kappa shape index (κ1) is 71.6. The molecule has 0 atom stereocenters. The Kier molecular flexibility index (Phi) is 88.3. The van der Waals surface area contributed by atoms with Crippen LogP contribution in [0.15, 0.2) is 82.0 Å². The lowest BCUT2D eigenvalue weighted by atomic mass is 9.85. The second-order valence-corrected chi connectivity index (χ2v) is 12.4. The number of hydrogen-bond acceptors (Lipinski definition) is 0. The lowest BCUT2D eigenvalue weighted by molar-refractivity contribution is 0.770. The molecule has 52 heavy (non-hydrogen) atoms. The van der Waals surface area contributed by atoms with Crippen molar-refractivity contribution in [2.24, 2.45) is 0 Å². The minimum atomic E-state index is 0. The topological polar surface area (TPSA) is 0 Å². The molecular weight excluding hydrogens is 625 g/mol. The number of allylic oxidation sites excluding steroid dienone is 14. The van der Waals surface area contributed by atoms with Gasteiger partial charge >= 0.3 is 0 Å². The lowest BCUT2D eigenvalue weighted by Gasteiger charge is -2.21. The van der Waals surface area contributed by atoms with E-state index in [1.165, 1.54) is 96.3 Å². The van der Waals surface area contributed by atoms with E-state index in [1.807, 2.05) is 26.0 Å². The first-order valence-electron chi connectivity index (χ1n) is 20.9. The molecule has 0 saturated heterocycles. The lowest BCUT2D eigenvalue weighted by Crippen LogP contribution is -2.01. The first-order valence-corrected chi connectivity index (χ1v) is 20.9. The van der Waals surface area contributed by atoms with Gasteiger partial charge in [0.2, 0.25) is 0 Å². The zero-order chi connectivity index (χ0) is 37.8. The molecule has 0 aliphatic carbocycles. The highest BCUT2D eigenvalue weighted by Gasteiger charge is 2.13. The SMILES string of the molecule is C.C.C.C.CC/C=C(/C=C(/CC)CCC)CCC.CC/C=C/C=C/CC.CC=CC.CCC.CCCC(=C(CC)CC)/C(CCC)=C(/CC)CCC. The standard InChI is InChI=1S/C19H36.C14H26.C8H14.C4H8.C3H8.4CH4/c1-7-13-17(12-6)19(15-9-3)18(14-8-2)16(10-4)11-5;1-5-9-13(8-4)12-14(10-6-2)11-7-3;1-3-5-7-8-6-4-2;1-3-4-2;1-3-2;;;;/h7-15H2,1-6H3;10,12H,5-9,11H2,1-4H3;5-8H,3-4H2,1-2H3;3-4H,1-2H3;3H2,1-2H3;4*1H4/b19-17-;13-12-,14-10+;7-5+,8-6+;;;;;;. The molecule has 0 heterocycles. The van der Waals surface area contributed by atoms with Gasteiger partial charge in [-0.25, -0.2) is 0 Å². The molecule has 0 aliphatic rings. The van der Waals surface area contributed by atoms with Crippen molar-refractivity contribution < 1.29 is 0 Å². The highest BCUT2D eigenvalue weighted by Crippen LogP contribution is 2.32. The molecule has 0 radical (unpaired) electrons. The van der Waals surface area contributed by atoms with Crippen LogP contribution in [0.1, 0.15) is 256 Å². The third-order valence-electron chi connectivity index (χ3n) is 7.66. The molecule has 0 aliphatic heterocycles. The second kappa shape index (κ2) is 64.2. The van der Waals surface area contributed by atoms with Gasteiger partial charge in [0.25, 0.3) is 0 Å². The highest BCUT2D eigenvalue weighted by atomic mass is 14.2. The van der Waals surface area contributed by atoms with Crippen LogP contribution in [0.5, 0.6) is 0 Å². The van der Waals surface area contributed by atoms with Gasteiger partial charge < -0.3 is 0 Å². The van der Waals surface area contributed by atoms with Gasteiger partial charge in [-0.05, 0) is 102 Å². The van der Waals surface area contributed by atoms with E-state index in [4.69, 9.17) is 0 Å². The van der Waals surface area contributed by atoms with Crippen molar-refractivity contribution in [1.29, 1.82) is 0 Å². The molecule has 0 fully saturated rings. The normalized spacial score (nSPS) is 11.0. The Balaban J connectivity index is -0.0000000706. The van der Waals surface area contributed by atoms with Crippen LogP contribution >= 0.6 is 0 Å². The Morgan fingerprint density at radius 2 is 0.769 bits per heavy atom. The van der Waals surface area contributed by atoms with E-state index in [0.717, 1.165) is 19.3 Å². The van der Waals surface area contributed by atoms with Crippen LogP contribution in [0.25, 0.3) is 0 Å². The van der Waals surface area contributed by atoms with Crippen LogP contribution in [-0.2, 0) is 0 Å². The van der Waals surface area contributed by atoms with Crippen molar-refractivity contribution in [1.82, 2.24) is 0 Å². The summed E-state index contributed by atoms with van der Waals surface area (Å²) in [5.74, 6) is 0. The van der Waals surface area contributed by atoms with Crippen molar-refractivity contribution in [3.05, 3.63) is 82.0 Å². The first-order chi connectivity index (χ1) is 23.2. The zero-order valence-electron chi connectivity index (χ0n) is 36.3. The van der Waals surface area contributed by atoms with E-state index in [0.29, 0.717) is 0 Å². The van der Waals surface area contributed by atoms with Gasteiger partial charge in [0.1, 0.15) is 0 Å². The Morgan fingerprint density at radius 3 is 1.04 bits per heavy atom. The molecule has 0 aromatic rings. The van der Waals surface area contributed by atoms with E-state index in [1.54, 1.807) is 33.4 Å². The summed E-state index contributed by atoms with van der Waals surface area (Å²) in [5, 5.41) is 0. The maximum atomic E-state index is 2.43. The Labute approximate surface area is 337 Å². The molecule has 0 nitrogen and oxygen atoms in total. The quantitative estimate of drug-likeness (QED) is 0.0863. The molecule has 0 aromatic heterocycles. The fourth-order valence-electron chi connectivity index (χ4n) is 5.25.